The highest BCUT2D eigenvalue weighted by Crippen LogP contribution is 2.17. The fraction of sp³-hybridized carbons (Fsp3) is 0.120. The van der Waals surface area contributed by atoms with Crippen LogP contribution in [0.3, 0.4) is 0 Å². The van der Waals surface area contributed by atoms with Gasteiger partial charge >= 0.3 is 11.9 Å². The van der Waals surface area contributed by atoms with E-state index >= 15 is 0 Å². The van der Waals surface area contributed by atoms with Crippen molar-refractivity contribution >= 4 is 24.5 Å². The van der Waals surface area contributed by atoms with Crippen molar-refractivity contribution in [3.8, 4) is 5.75 Å². The molecule has 0 aliphatic carbocycles. The number of rotatable bonds is 8. The first kappa shape index (κ1) is 25.0. The Morgan fingerprint density at radius 3 is 2.15 bits per heavy atom. The highest BCUT2D eigenvalue weighted by molar-refractivity contribution is 5.90. The van der Waals surface area contributed by atoms with Crippen LogP contribution in [0.25, 0.3) is 0 Å². The van der Waals surface area contributed by atoms with E-state index in [9.17, 15) is 24.3 Å². The molecule has 0 amide bonds. The Balaban J connectivity index is 0.000000273. The predicted octanol–water partition coefficient (Wildman–Crippen LogP) is 3.02. The van der Waals surface area contributed by atoms with Crippen molar-refractivity contribution in [2.75, 3.05) is 0 Å². The summed E-state index contributed by atoms with van der Waals surface area (Å²) >= 11 is 0. The lowest BCUT2D eigenvalue weighted by Crippen LogP contribution is -2.32. The van der Waals surface area contributed by atoms with Crippen LogP contribution < -0.4 is 5.73 Å². The van der Waals surface area contributed by atoms with Crippen LogP contribution in [0, 0.1) is 0 Å². The number of aromatic hydroxyl groups is 1. The van der Waals surface area contributed by atoms with Gasteiger partial charge in [0, 0.05) is 5.56 Å². The molecule has 0 radical (unpaired) electrons. The van der Waals surface area contributed by atoms with Crippen LogP contribution in [-0.2, 0) is 22.6 Å². The van der Waals surface area contributed by atoms with Crippen LogP contribution in [0.2, 0.25) is 0 Å². The molecule has 0 fully saturated rings. The molecule has 3 rings (SSSR count). The minimum Gasteiger partial charge on any atom is -0.507 e. The average molecular weight is 449 g/mol. The third-order valence-corrected chi connectivity index (χ3v) is 4.49. The Labute approximate surface area is 190 Å². The smallest absolute Gasteiger partial charge is 0.338 e. The lowest BCUT2D eigenvalue weighted by molar-refractivity contribution is -0.138. The quantitative estimate of drug-likeness (QED) is 0.352. The number of carbonyl (C=O) groups is 4. The SMILES string of the molecule is N[C@@H](Cc1ccccc1)C(=O)O.O=Cc1ccc(C(=O)OCc2ccc(O)c(C=O)c2)cc1. The van der Waals surface area contributed by atoms with Gasteiger partial charge in [0.1, 0.15) is 24.7 Å². The summed E-state index contributed by atoms with van der Waals surface area (Å²) in [5, 5.41) is 17.9. The van der Waals surface area contributed by atoms with Gasteiger partial charge in [-0.05, 0) is 41.8 Å². The van der Waals surface area contributed by atoms with E-state index in [1.807, 2.05) is 30.3 Å². The monoisotopic (exact) mass is 449 g/mol. The third kappa shape index (κ3) is 8.04. The number of nitrogens with two attached hydrogens (primary N) is 1. The molecule has 0 aliphatic heterocycles. The molecule has 3 aromatic carbocycles. The van der Waals surface area contributed by atoms with Gasteiger partial charge in [0.25, 0.3) is 0 Å². The van der Waals surface area contributed by atoms with Crippen molar-refractivity contribution in [1.29, 1.82) is 0 Å². The number of hydrogen-bond acceptors (Lipinski definition) is 7. The van der Waals surface area contributed by atoms with Crippen LogP contribution in [0.4, 0.5) is 0 Å². The number of esters is 1. The lowest BCUT2D eigenvalue weighted by Gasteiger charge is -2.06. The van der Waals surface area contributed by atoms with Gasteiger partial charge in [-0.15, -0.1) is 0 Å². The highest BCUT2D eigenvalue weighted by Gasteiger charge is 2.11. The fourth-order valence-corrected chi connectivity index (χ4v) is 2.67. The summed E-state index contributed by atoms with van der Waals surface area (Å²) in [6.07, 6.45) is 1.60. The van der Waals surface area contributed by atoms with Gasteiger partial charge in [0.05, 0.1) is 11.1 Å². The molecule has 8 heteroatoms. The molecule has 4 N–H and O–H groups in total. The zero-order chi connectivity index (χ0) is 24.2. The van der Waals surface area contributed by atoms with E-state index in [1.165, 1.54) is 36.4 Å². The van der Waals surface area contributed by atoms with Crippen molar-refractivity contribution in [1.82, 2.24) is 0 Å². The van der Waals surface area contributed by atoms with E-state index in [0.29, 0.717) is 35.7 Å². The van der Waals surface area contributed by atoms with Crippen LogP contribution in [0.15, 0.2) is 72.8 Å². The van der Waals surface area contributed by atoms with Crippen LogP contribution >= 0.6 is 0 Å². The second-order valence-electron chi connectivity index (χ2n) is 6.96. The van der Waals surface area contributed by atoms with Gasteiger partial charge in [0.15, 0.2) is 6.29 Å². The van der Waals surface area contributed by atoms with E-state index in [1.54, 1.807) is 6.07 Å². The number of phenolic OH excluding ortho intramolecular Hbond substituents is 1. The molecule has 8 nitrogen and oxygen atoms in total. The lowest BCUT2D eigenvalue weighted by atomic mass is 10.1. The Hall–Kier alpha value is -4.30. The number of hydrogen-bond donors (Lipinski definition) is 3. The number of carbonyl (C=O) groups excluding carboxylic acids is 3. The maximum Gasteiger partial charge on any atom is 0.338 e. The number of ether oxygens (including phenoxy) is 1. The molecule has 0 saturated carbocycles. The first-order chi connectivity index (χ1) is 15.8. The van der Waals surface area contributed by atoms with Gasteiger partial charge < -0.3 is 20.7 Å². The summed E-state index contributed by atoms with van der Waals surface area (Å²) in [7, 11) is 0. The van der Waals surface area contributed by atoms with Gasteiger partial charge in [-0.3, -0.25) is 14.4 Å². The van der Waals surface area contributed by atoms with Crippen LogP contribution in [0.5, 0.6) is 5.75 Å². The second kappa shape index (κ2) is 12.5. The van der Waals surface area contributed by atoms with E-state index in [-0.39, 0.29) is 17.9 Å². The summed E-state index contributed by atoms with van der Waals surface area (Å²) in [6.45, 7) is -0.0185. The fourth-order valence-electron chi connectivity index (χ4n) is 2.67. The van der Waals surface area contributed by atoms with Crippen LogP contribution in [0.1, 0.15) is 42.2 Å². The van der Waals surface area contributed by atoms with E-state index in [2.05, 4.69) is 0 Å². The molecule has 0 saturated heterocycles. The Morgan fingerprint density at radius 1 is 0.909 bits per heavy atom. The van der Waals surface area contributed by atoms with Crippen molar-refractivity contribution in [2.45, 2.75) is 19.1 Å². The maximum atomic E-state index is 11.8. The topological polar surface area (TPSA) is 144 Å². The maximum absolute atomic E-state index is 11.8. The molecule has 0 unspecified atom stereocenters. The number of phenols is 1. The van der Waals surface area contributed by atoms with Crippen molar-refractivity contribution < 1.29 is 34.1 Å². The summed E-state index contributed by atoms with van der Waals surface area (Å²) in [5.41, 5.74) is 7.83. The Morgan fingerprint density at radius 2 is 1.58 bits per heavy atom. The number of carboxylic acids is 1. The highest BCUT2D eigenvalue weighted by atomic mass is 16.5. The normalized spacial score (nSPS) is 10.8. The summed E-state index contributed by atoms with van der Waals surface area (Å²) in [6, 6.07) is 19.0. The molecule has 0 bridgehead atoms. The van der Waals surface area contributed by atoms with Crippen molar-refractivity contribution in [3.63, 3.8) is 0 Å². The molecular weight excluding hydrogens is 426 g/mol. The Bertz CT molecular complexity index is 1100. The molecule has 0 aliphatic rings. The first-order valence-corrected chi connectivity index (χ1v) is 9.85. The minimum absolute atomic E-state index is 0.0185. The number of benzene rings is 3. The summed E-state index contributed by atoms with van der Waals surface area (Å²) in [4.78, 5) is 43.4. The summed E-state index contributed by atoms with van der Waals surface area (Å²) in [5.74, 6) is -1.61. The first-order valence-electron chi connectivity index (χ1n) is 9.85. The molecule has 0 heterocycles. The predicted molar refractivity (Wildman–Crippen MR) is 120 cm³/mol. The molecule has 1 atom stereocenters. The standard InChI is InChI=1S/C16H12O5.C9H11NO2/c17-8-11-1-4-13(5-2-11)16(20)21-10-12-3-6-15(19)14(7-12)9-18;10-8(9(11)12)6-7-4-2-1-3-5-7/h1-9,19H,10H2;1-5,8H,6,10H2,(H,11,12)/t;8-/m.0/s1. The van der Waals surface area contributed by atoms with E-state index in [4.69, 9.17) is 15.6 Å². The average Bonchev–Trinajstić information content (AvgIpc) is 2.84. The molecule has 33 heavy (non-hydrogen) atoms. The number of aldehydes is 2. The van der Waals surface area contributed by atoms with Crippen molar-refractivity contribution in [2.24, 2.45) is 5.73 Å². The zero-order valence-corrected chi connectivity index (χ0v) is 17.6. The molecule has 170 valence electrons. The van der Waals surface area contributed by atoms with Crippen LogP contribution in [-0.4, -0.2) is 40.8 Å². The number of aliphatic carboxylic acids is 1. The molecular formula is C25H23NO7. The molecule has 0 spiro atoms. The van der Waals surface area contributed by atoms with Gasteiger partial charge in [-0.2, -0.15) is 0 Å². The zero-order valence-electron chi connectivity index (χ0n) is 17.6. The number of carboxylic acid groups (broad SMARTS) is 1. The van der Waals surface area contributed by atoms with Crippen molar-refractivity contribution in [3.05, 3.63) is 101 Å². The van der Waals surface area contributed by atoms with E-state index < -0.39 is 18.0 Å². The second-order valence-corrected chi connectivity index (χ2v) is 6.96. The Kier molecular flexibility index (Phi) is 9.48. The molecule has 3 aromatic rings. The van der Waals surface area contributed by atoms with E-state index in [0.717, 1.165) is 5.56 Å². The van der Waals surface area contributed by atoms with Gasteiger partial charge in [-0.25, -0.2) is 4.79 Å². The largest absolute Gasteiger partial charge is 0.507 e. The third-order valence-electron chi connectivity index (χ3n) is 4.49. The minimum atomic E-state index is -0.959. The van der Waals surface area contributed by atoms with Gasteiger partial charge in [-0.1, -0.05) is 48.5 Å². The molecule has 0 aromatic heterocycles. The summed E-state index contributed by atoms with van der Waals surface area (Å²) < 4.78 is 5.10. The van der Waals surface area contributed by atoms with Gasteiger partial charge in [0.2, 0.25) is 0 Å².